The van der Waals surface area contributed by atoms with Gasteiger partial charge in [0.2, 0.25) is 11.8 Å². The Morgan fingerprint density at radius 1 is 1.13 bits per heavy atom. The number of benzene rings is 2. The van der Waals surface area contributed by atoms with Crippen molar-refractivity contribution in [2.75, 3.05) is 5.32 Å². The fourth-order valence-corrected chi connectivity index (χ4v) is 3.30. The lowest BCUT2D eigenvalue weighted by molar-refractivity contribution is -0.111. The first-order valence-electron chi connectivity index (χ1n) is 8.99. The first kappa shape index (κ1) is 19.9. The van der Waals surface area contributed by atoms with Crippen LogP contribution in [0.5, 0.6) is 5.75 Å². The Balaban J connectivity index is 1.34. The smallest absolute Gasteiger partial charge is 0.254 e. The number of aromatic nitrogens is 2. The van der Waals surface area contributed by atoms with Crippen LogP contribution >= 0.6 is 22.9 Å². The zero-order chi connectivity index (χ0) is 20.8. The predicted octanol–water partition coefficient (Wildman–Crippen LogP) is 5.68. The second-order valence-corrected chi connectivity index (χ2v) is 7.58. The van der Waals surface area contributed by atoms with Crippen LogP contribution in [0.3, 0.4) is 0 Å². The minimum absolute atomic E-state index is 0.107. The van der Waals surface area contributed by atoms with Gasteiger partial charge in [-0.2, -0.15) is 0 Å². The molecular weight excluding hydrogens is 422 g/mol. The number of anilines is 1. The van der Waals surface area contributed by atoms with Crippen molar-refractivity contribution >= 4 is 40.6 Å². The molecule has 4 aromatic rings. The van der Waals surface area contributed by atoms with Gasteiger partial charge in [-0.1, -0.05) is 23.7 Å². The highest BCUT2D eigenvalue weighted by molar-refractivity contribution is 7.10. The van der Waals surface area contributed by atoms with Crippen molar-refractivity contribution in [1.29, 1.82) is 0 Å². The third-order valence-electron chi connectivity index (χ3n) is 3.96. The summed E-state index contributed by atoms with van der Waals surface area (Å²) in [4.78, 5) is 13.1. The number of halogens is 1. The van der Waals surface area contributed by atoms with Crippen molar-refractivity contribution in [3.05, 3.63) is 87.9 Å². The molecule has 30 heavy (non-hydrogen) atoms. The van der Waals surface area contributed by atoms with Gasteiger partial charge in [0.15, 0.2) is 6.61 Å². The van der Waals surface area contributed by atoms with Gasteiger partial charge >= 0.3 is 0 Å². The monoisotopic (exact) mass is 437 g/mol. The van der Waals surface area contributed by atoms with Crippen LogP contribution in [0.25, 0.3) is 17.5 Å². The molecular formula is C22H16ClN3O3S. The Hall–Kier alpha value is -3.42. The maximum Gasteiger partial charge on any atom is 0.254 e. The maximum atomic E-state index is 12.1. The van der Waals surface area contributed by atoms with E-state index in [1.165, 1.54) is 6.08 Å². The van der Waals surface area contributed by atoms with E-state index in [0.29, 0.717) is 28.2 Å². The van der Waals surface area contributed by atoms with E-state index < -0.39 is 0 Å². The molecule has 2 aromatic carbocycles. The van der Waals surface area contributed by atoms with Gasteiger partial charge in [-0.3, -0.25) is 4.79 Å². The SMILES string of the molecule is O=C(/C=C/c1cccs1)Nc1cccc(OCc2nnc(-c3ccc(Cl)cc3)o2)c1. The Kier molecular flexibility index (Phi) is 6.22. The number of amides is 1. The molecule has 0 atom stereocenters. The van der Waals surface area contributed by atoms with Gasteiger partial charge in [0.1, 0.15) is 5.75 Å². The molecule has 1 N–H and O–H groups in total. The number of ether oxygens (including phenoxy) is 1. The van der Waals surface area contributed by atoms with Gasteiger partial charge in [-0.05, 0) is 53.9 Å². The number of thiophene rings is 1. The molecule has 0 saturated carbocycles. The van der Waals surface area contributed by atoms with Crippen LogP contribution < -0.4 is 10.1 Å². The van der Waals surface area contributed by atoms with Gasteiger partial charge in [-0.15, -0.1) is 21.5 Å². The van der Waals surface area contributed by atoms with Crippen LogP contribution in [0, 0.1) is 0 Å². The first-order chi connectivity index (χ1) is 14.7. The minimum Gasteiger partial charge on any atom is -0.484 e. The molecule has 0 unspecified atom stereocenters. The molecule has 2 heterocycles. The van der Waals surface area contributed by atoms with Gasteiger partial charge in [0.25, 0.3) is 5.89 Å². The second-order valence-electron chi connectivity index (χ2n) is 6.16. The molecule has 0 aliphatic rings. The van der Waals surface area contributed by atoms with Gasteiger partial charge < -0.3 is 14.5 Å². The van der Waals surface area contributed by atoms with E-state index >= 15 is 0 Å². The molecule has 1 amide bonds. The normalized spacial score (nSPS) is 11.0. The largest absolute Gasteiger partial charge is 0.484 e. The summed E-state index contributed by atoms with van der Waals surface area (Å²) in [6, 6.07) is 18.1. The Labute approximate surface area is 181 Å². The number of hydrogen-bond donors (Lipinski definition) is 1. The van der Waals surface area contributed by atoms with E-state index in [1.807, 2.05) is 17.5 Å². The van der Waals surface area contributed by atoms with Gasteiger partial charge in [-0.25, -0.2) is 0 Å². The molecule has 8 heteroatoms. The first-order valence-corrected chi connectivity index (χ1v) is 10.3. The third kappa shape index (κ3) is 5.34. The minimum atomic E-state index is -0.218. The lowest BCUT2D eigenvalue weighted by Gasteiger charge is -2.06. The van der Waals surface area contributed by atoms with Gasteiger partial charge in [0.05, 0.1) is 0 Å². The van der Waals surface area contributed by atoms with E-state index in [2.05, 4.69) is 15.5 Å². The Morgan fingerprint density at radius 2 is 2.00 bits per heavy atom. The average Bonchev–Trinajstić information content (AvgIpc) is 3.44. The number of carbonyl (C=O) groups excluding carboxylic acids is 1. The highest BCUT2D eigenvalue weighted by atomic mass is 35.5. The number of rotatable bonds is 7. The molecule has 6 nitrogen and oxygen atoms in total. The molecule has 0 bridgehead atoms. The quantitative estimate of drug-likeness (QED) is 0.376. The summed E-state index contributed by atoms with van der Waals surface area (Å²) in [6.45, 7) is 0.107. The molecule has 0 radical (unpaired) electrons. The highest BCUT2D eigenvalue weighted by Gasteiger charge is 2.09. The maximum absolute atomic E-state index is 12.1. The third-order valence-corrected chi connectivity index (χ3v) is 5.05. The van der Waals surface area contributed by atoms with Crippen molar-refractivity contribution in [2.45, 2.75) is 6.61 Å². The van der Waals surface area contributed by atoms with E-state index in [0.717, 1.165) is 10.4 Å². The summed E-state index contributed by atoms with van der Waals surface area (Å²) in [6.07, 6.45) is 3.27. The predicted molar refractivity (Wildman–Crippen MR) is 118 cm³/mol. The zero-order valence-corrected chi connectivity index (χ0v) is 17.2. The lowest BCUT2D eigenvalue weighted by atomic mass is 10.2. The Morgan fingerprint density at radius 3 is 2.80 bits per heavy atom. The standard InChI is InChI=1S/C22H16ClN3O3S/c23-16-8-6-15(7-9-16)22-26-25-21(29-22)14-28-18-4-1-3-17(13-18)24-20(27)11-10-19-5-2-12-30-19/h1-13H,14H2,(H,24,27)/b11-10+. The lowest BCUT2D eigenvalue weighted by Crippen LogP contribution is -2.07. The van der Waals surface area contributed by atoms with Crippen molar-refractivity contribution in [3.8, 4) is 17.2 Å². The van der Waals surface area contributed by atoms with Crippen LogP contribution in [0.1, 0.15) is 10.8 Å². The number of carbonyl (C=O) groups is 1. The number of hydrogen-bond acceptors (Lipinski definition) is 6. The van der Waals surface area contributed by atoms with Crippen molar-refractivity contribution in [1.82, 2.24) is 10.2 Å². The highest BCUT2D eigenvalue weighted by Crippen LogP contribution is 2.22. The van der Waals surface area contributed by atoms with Gasteiger partial charge in [0, 0.05) is 33.3 Å². The summed E-state index contributed by atoms with van der Waals surface area (Å²) < 4.78 is 11.3. The molecule has 150 valence electrons. The molecule has 0 aliphatic heterocycles. The van der Waals surface area contributed by atoms with Crippen molar-refractivity contribution in [3.63, 3.8) is 0 Å². The van der Waals surface area contributed by atoms with Crippen molar-refractivity contribution in [2.24, 2.45) is 0 Å². The van der Waals surface area contributed by atoms with E-state index in [1.54, 1.807) is 65.9 Å². The number of nitrogens with one attached hydrogen (secondary N) is 1. The average molecular weight is 438 g/mol. The fourth-order valence-electron chi connectivity index (χ4n) is 2.56. The molecule has 0 fully saturated rings. The Bertz CT molecular complexity index is 1150. The summed E-state index contributed by atoms with van der Waals surface area (Å²) in [5.74, 6) is 1.09. The summed E-state index contributed by atoms with van der Waals surface area (Å²) in [5, 5.41) is 13.4. The summed E-state index contributed by atoms with van der Waals surface area (Å²) in [5.41, 5.74) is 1.40. The molecule has 0 saturated heterocycles. The second kappa shape index (κ2) is 9.39. The van der Waals surface area contributed by atoms with E-state index in [4.69, 9.17) is 20.8 Å². The van der Waals surface area contributed by atoms with Crippen LogP contribution in [-0.2, 0) is 11.4 Å². The number of nitrogens with zero attached hydrogens (tertiary/aromatic N) is 2. The van der Waals surface area contributed by atoms with E-state index in [9.17, 15) is 4.79 Å². The van der Waals surface area contributed by atoms with Crippen LogP contribution in [-0.4, -0.2) is 16.1 Å². The summed E-state index contributed by atoms with van der Waals surface area (Å²) >= 11 is 7.46. The zero-order valence-electron chi connectivity index (χ0n) is 15.6. The van der Waals surface area contributed by atoms with Crippen LogP contribution in [0.15, 0.2) is 76.5 Å². The van der Waals surface area contributed by atoms with Crippen molar-refractivity contribution < 1.29 is 13.9 Å². The molecule has 2 aromatic heterocycles. The topological polar surface area (TPSA) is 77.2 Å². The molecule has 0 aliphatic carbocycles. The molecule has 0 spiro atoms. The summed E-state index contributed by atoms with van der Waals surface area (Å²) in [7, 11) is 0. The van der Waals surface area contributed by atoms with E-state index in [-0.39, 0.29) is 12.5 Å². The van der Waals surface area contributed by atoms with Crippen LogP contribution in [0.2, 0.25) is 5.02 Å². The fraction of sp³-hybridized carbons (Fsp3) is 0.0455. The molecule has 4 rings (SSSR count). The van der Waals surface area contributed by atoms with Crippen LogP contribution in [0.4, 0.5) is 5.69 Å².